The molecule has 0 spiro atoms. The maximum absolute atomic E-state index is 11.9. The van der Waals surface area contributed by atoms with E-state index in [1.54, 1.807) is 0 Å². The van der Waals surface area contributed by atoms with Gasteiger partial charge in [-0.1, -0.05) is 0 Å². The Bertz CT molecular complexity index is 309. The first-order valence-electron chi connectivity index (χ1n) is 8.77. The predicted octanol–water partition coefficient (Wildman–Crippen LogP) is 4.15. The Balaban J connectivity index is 5.44. The number of carbonyl (C=O) groups excluding carboxylic acids is 1. The van der Waals surface area contributed by atoms with Gasteiger partial charge in [-0.2, -0.15) is 0 Å². The molecule has 0 aliphatic carbocycles. The zero-order valence-electron chi connectivity index (χ0n) is 14.8. The SMILES string of the molecule is CCCC[PH](CCCC)(CCCC)C(CC(=O)OC)C(=O)O. The molecule has 0 aliphatic rings. The number of aliphatic carboxylic acids is 1. The molecule has 0 saturated carbocycles. The minimum atomic E-state index is -2.03. The maximum atomic E-state index is 11.9. The molecule has 4 nitrogen and oxygen atoms in total. The van der Waals surface area contributed by atoms with Gasteiger partial charge >= 0.3 is 136 Å². The summed E-state index contributed by atoms with van der Waals surface area (Å²) in [4.78, 5) is 23.6. The number of esters is 1. The van der Waals surface area contributed by atoms with E-state index in [0.29, 0.717) is 0 Å². The van der Waals surface area contributed by atoms with Gasteiger partial charge in [0.2, 0.25) is 0 Å². The molecule has 0 amide bonds. The summed E-state index contributed by atoms with van der Waals surface area (Å²) in [5, 5.41) is 9.78. The van der Waals surface area contributed by atoms with Crippen LogP contribution >= 0.6 is 7.26 Å². The molecule has 0 radical (unpaired) electrons. The summed E-state index contributed by atoms with van der Waals surface area (Å²) in [6.07, 6.45) is 9.59. The van der Waals surface area contributed by atoms with Gasteiger partial charge in [-0.15, -0.1) is 0 Å². The van der Waals surface area contributed by atoms with Crippen molar-refractivity contribution in [3.63, 3.8) is 0 Å². The first-order valence-corrected chi connectivity index (χ1v) is 11.5. The molecule has 0 saturated heterocycles. The summed E-state index contributed by atoms with van der Waals surface area (Å²) in [6.45, 7) is 6.44. The van der Waals surface area contributed by atoms with E-state index in [9.17, 15) is 14.7 Å². The van der Waals surface area contributed by atoms with Gasteiger partial charge in [-0.05, 0) is 0 Å². The van der Waals surface area contributed by atoms with E-state index in [1.165, 1.54) is 7.11 Å². The van der Waals surface area contributed by atoms with Crippen molar-refractivity contribution in [3.8, 4) is 0 Å². The van der Waals surface area contributed by atoms with Crippen LogP contribution in [0, 0.1) is 0 Å². The molecule has 0 heterocycles. The number of carboxylic acids is 1. The average molecular weight is 334 g/mol. The van der Waals surface area contributed by atoms with Crippen LogP contribution in [0.25, 0.3) is 0 Å². The molecule has 0 aromatic heterocycles. The predicted molar refractivity (Wildman–Crippen MR) is 95.7 cm³/mol. The zero-order valence-corrected chi connectivity index (χ0v) is 15.8. The van der Waals surface area contributed by atoms with E-state index in [1.807, 2.05) is 0 Å². The standard InChI is InChI=1S/C17H35O4P/c1-5-8-11-22(12-9-6-2,13-10-7-3)15(17(19)20)14-16(18)21-4/h15,22H,5-14H2,1-4H3,(H,19,20). The Morgan fingerprint density at radius 2 is 1.36 bits per heavy atom. The van der Waals surface area contributed by atoms with Crippen molar-refractivity contribution < 1.29 is 19.4 Å². The van der Waals surface area contributed by atoms with E-state index < -0.39 is 18.9 Å². The molecule has 1 atom stereocenters. The molecular formula is C17H35O4P. The summed E-state index contributed by atoms with van der Waals surface area (Å²) in [5.74, 6) is -1.17. The summed E-state index contributed by atoms with van der Waals surface area (Å²) in [6, 6.07) is 0. The van der Waals surface area contributed by atoms with Crippen LogP contribution in [-0.4, -0.2) is 48.3 Å². The summed E-state index contributed by atoms with van der Waals surface area (Å²) < 4.78 is 4.76. The molecule has 132 valence electrons. The summed E-state index contributed by atoms with van der Waals surface area (Å²) in [7, 11) is -0.688. The Labute approximate surface area is 136 Å². The fourth-order valence-electron chi connectivity index (χ4n) is 3.30. The fraction of sp³-hybridized carbons (Fsp3) is 0.882. The average Bonchev–Trinajstić information content (AvgIpc) is 2.52. The number of carbonyl (C=O) groups is 2. The number of unbranched alkanes of at least 4 members (excludes halogenated alkanes) is 3. The van der Waals surface area contributed by atoms with Crippen LogP contribution in [0.2, 0.25) is 0 Å². The third kappa shape index (κ3) is 7.09. The Kier molecular flexibility index (Phi) is 11.5. The molecular weight excluding hydrogens is 299 g/mol. The van der Waals surface area contributed by atoms with Crippen molar-refractivity contribution in [2.75, 3.05) is 25.6 Å². The van der Waals surface area contributed by atoms with Gasteiger partial charge in [0.15, 0.2) is 0 Å². The molecule has 0 aromatic rings. The van der Waals surface area contributed by atoms with Gasteiger partial charge in [0.1, 0.15) is 0 Å². The third-order valence-electron chi connectivity index (χ3n) is 4.72. The van der Waals surface area contributed by atoms with Crippen LogP contribution < -0.4 is 0 Å². The fourth-order valence-corrected chi connectivity index (χ4v) is 9.39. The van der Waals surface area contributed by atoms with E-state index >= 15 is 0 Å². The normalized spacial score (nSPS) is 13.6. The van der Waals surface area contributed by atoms with Gasteiger partial charge in [-0.3, -0.25) is 0 Å². The number of methoxy groups -OCH3 is 1. The molecule has 0 fully saturated rings. The second-order valence-electron chi connectivity index (χ2n) is 6.34. The van der Waals surface area contributed by atoms with Crippen molar-refractivity contribution in [1.29, 1.82) is 0 Å². The van der Waals surface area contributed by atoms with Crippen LogP contribution in [0.3, 0.4) is 0 Å². The van der Waals surface area contributed by atoms with Crippen LogP contribution in [0.5, 0.6) is 0 Å². The zero-order chi connectivity index (χ0) is 17.0. The van der Waals surface area contributed by atoms with Gasteiger partial charge in [-0.25, -0.2) is 0 Å². The molecule has 0 aliphatic heterocycles. The number of rotatable bonds is 13. The van der Waals surface area contributed by atoms with Gasteiger partial charge in [0, 0.05) is 0 Å². The van der Waals surface area contributed by atoms with E-state index in [-0.39, 0.29) is 12.4 Å². The van der Waals surface area contributed by atoms with Crippen molar-refractivity contribution in [2.45, 2.75) is 71.4 Å². The monoisotopic (exact) mass is 334 g/mol. The van der Waals surface area contributed by atoms with Crippen molar-refractivity contribution in [2.24, 2.45) is 0 Å². The topological polar surface area (TPSA) is 63.6 Å². The second kappa shape index (κ2) is 11.9. The summed E-state index contributed by atoms with van der Waals surface area (Å²) in [5.41, 5.74) is -0.496. The first-order chi connectivity index (χ1) is 10.5. The van der Waals surface area contributed by atoms with E-state index in [2.05, 4.69) is 20.8 Å². The van der Waals surface area contributed by atoms with E-state index in [0.717, 1.165) is 57.0 Å². The molecule has 0 rings (SSSR count). The van der Waals surface area contributed by atoms with Gasteiger partial charge in [0.25, 0.3) is 0 Å². The third-order valence-corrected chi connectivity index (χ3v) is 10.7. The number of ether oxygens (including phenoxy) is 1. The molecule has 5 heteroatoms. The van der Waals surface area contributed by atoms with Gasteiger partial charge < -0.3 is 0 Å². The Morgan fingerprint density at radius 3 is 1.64 bits per heavy atom. The molecule has 1 N–H and O–H groups in total. The van der Waals surface area contributed by atoms with Gasteiger partial charge in [0.05, 0.1) is 0 Å². The van der Waals surface area contributed by atoms with Crippen molar-refractivity contribution in [1.82, 2.24) is 0 Å². The number of hydrogen-bond donors (Lipinski definition) is 1. The molecule has 0 aromatic carbocycles. The van der Waals surface area contributed by atoms with E-state index in [4.69, 9.17) is 4.74 Å². The Hall–Kier alpha value is -0.630. The number of hydrogen-bond acceptors (Lipinski definition) is 3. The number of carboxylic acid groups (broad SMARTS) is 1. The molecule has 22 heavy (non-hydrogen) atoms. The first kappa shape index (κ1) is 21.4. The van der Waals surface area contributed by atoms with Crippen molar-refractivity contribution in [3.05, 3.63) is 0 Å². The van der Waals surface area contributed by atoms with Crippen LogP contribution in [-0.2, 0) is 14.3 Å². The quantitative estimate of drug-likeness (QED) is 0.406. The molecule has 1 unspecified atom stereocenters. The second-order valence-corrected chi connectivity index (χ2v) is 11.3. The van der Waals surface area contributed by atoms with Crippen LogP contribution in [0.15, 0.2) is 0 Å². The summed E-state index contributed by atoms with van der Waals surface area (Å²) >= 11 is 0. The van der Waals surface area contributed by atoms with Crippen molar-refractivity contribution >= 4 is 19.2 Å². The van der Waals surface area contributed by atoms with Crippen LogP contribution in [0.1, 0.15) is 65.7 Å². The van der Waals surface area contributed by atoms with Crippen LogP contribution in [0.4, 0.5) is 0 Å². The molecule has 0 bridgehead atoms. The Morgan fingerprint density at radius 1 is 0.955 bits per heavy atom. The minimum absolute atomic E-state index is 0.0508.